The van der Waals surface area contributed by atoms with Crippen LogP contribution in [0.5, 0.6) is 0 Å². The predicted molar refractivity (Wildman–Crippen MR) is 64.0 cm³/mol. The van der Waals surface area contributed by atoms with Gasteiger partial charge in [-0.3, -0.25) is 4.79 Å². The molecule has 0 saturated carbocycles. The highest BCUT2D eigenvalue weighted by molar-refractivity contribution is 9.10. The molecule has 1 amide bonds. The molecule has 1 N–H and O–H groups in total. The number of anilines is 1. The van der Waals surface area contributed by atoms with Crippen LogP contribution in [0.2, 0.25) is 0 Å². The number of halogens is 3. The van der Waals surface area contributed by atoms with Gasteiger partial charge in [0, 0.05) is 12.4 Å². The van der Waals surface area contributed by atoms with E-state index in [9.17, 15) is 13.6 Å². The fraction of sp³-hybridized carbons (Fsp3) is 0. The fourth-order valence-corrected chi connectivity index (χ4v) is 1.61. The molecule has 92 valence electrons. The average Bonchev–Trinajstić information content (AvgIpc) is 2.35. The van der Waals surface area contributed by atoms with Gasteiger partial charge in [0.25, 0.3) is 5.91 Å². The van der Waals surface area contributed by atoms with Crippen molar-refractivity contribution < 1.29 is 13.6 Å². The molecular formula is C11H6BrF2N3O. The molecule has 0 atom stereocenters. The first-order valence-corrected chi connectivity index (χ1v) is 5.61. The van der Waals surface area contributed by atoms with Gasteiger partial charge in [-0.25, -0.2) is 14.4 Å². The highest BCUT2D eigenvalue weighted by Crippen LogP contribution is 2.19. The van der Waals surface area contributed by atoms with Crippen molar-refractivity contribution in [1.82, 2.24) is 9.97 Å². The minimum absolute atomic E-state index is 0.360. The molecule has 0 unspecified atom stereocenters. The quantitative estimate of drug-likeness (QED) is 0.867. The number of aromatic nitrogens is 2. The van der Waals surface area contributed by atoms with Crippen molar-refractivity contribution in [3.63, 3.8) is 0 Å². The molecule has 0 aliphatic carbocycles. The highest BCUT2D eigenvalue weighted by atomic mass is 79.9. The molecule has 2 heterocycles. The molecule has 0 bridgehead atoms. The zero-order valence-corrected chi connectivity index (χ0v) is 10.4. The first kappa shape index (κ1) is 12.6. The van der Waals surface area contributed by atoms with Crippen LogP contribution in [-0.4, -0.2) is 15.9 Å². The van der Waals surface area contributed by atoms with Crippen LogP contribution >= 0.6 is 15.9 Å². The maximum absolute atomic E-state index is 13.3. The average molecular weight is 314 g/mol. The van der Waals surface area contributed by atoms with Gasteiger partial charge in [-0.2, -0.15) is 4.39 Å². The lowest BCUT2D eigenvalue weighted by Gasteiger charge is -2.07. The Bertz CT molecular complexity index is 607. The second-order valence-corrected chi connectivity index (χ2v) is 4.01. The number of pyridine rings is 2. The molecule has 2 aromatic rings. The number of hydrogen-bond acceptors (Lipinski definition) is 3. The summed E-state index contributed by atoms with van der Waals surface area (Å²) in [5.41, 5.74) is -0.0580. The minimum Gasteiger partial charge on any atom is -0.320 e. The molecule has 4 nitrogen and oxygen atoms in total. The lowest BCUT2D eigenvalue weighted by molar-refractivity contribution is 0.102. The van der Waals surface area contributed by atoms with Crippen molar-refractivity contribution >= 4 is 27.5 Å². The third-order valence-electron chi connectivity index (χ3n) is 2.10. The number of amides is 1. The van der Waals surface area contributed by atoms with E-state index in [4.69, 9.17) is 0 Å². The molecule has 0 spiro atoms. The first-order valence-electron chi connectivity index (χ1n) is 4.81. The SMILES string of the molecule is O=C(Nc1cccnc1Br)c1ccnc(F)c1F. The largest absolute Gasteiger partial charge is 0.320 e. The fourth-order valence-electron chi connectivity index (χ4n) is 1.26. The number of nitrogens with zero attached hydrogens (tertiary/aromatic N) is 2. The second-order valence-electron chi connectivity index (χ2n) is 3.26. The van der Waals surface area contributed by atoms with Gasteiger partial charge < -0.3 is 5.32 Å². The number of carbonyl (C=O) groups is 1. The maximum Gasteiger partial charge on any atom is 0.258 e. The number of carbonyl (C=O) groups excluding carboxylic acids is 1. The number of rotatable bonds is 2. The summed E-state index contributed by atoms with van der Waals surface area (Å²) in [6.07, 6.45) is 2.54. The van der Waals surface area contributed by atoms with E-state index in [1.807, 2.05) is 0 Å². The van der Waals surface area contributed by atoms with E-state index < -0.39 is 23.2 Å². The molecule has 7 heteroatoms. The molecular weight excluding hydrogens is 308 g/mol. The molecule has 0 aliphatic rings. The summed E-state index contributed by atoms with van der Waals surface area (Å²) in [7, 11) is 0. The van der Waals surface area contributed by atoms with E-state index in [0.29, 0.717) is 10.3 Å². The molecule has 2 rings (SSSR count). The lowest BCUT2D eigenvalue weighted by Crippen LogP contribution is -2.15. The van der Waals surface area contributed by atoms with Crippen molar-refractivity contribution in [2.75, 3.05) is 5.32 Å². The van der Waals surface area contributed by atoms with Gasteiger partial charge in [0.2, 0.25) is 5.95 Å². The summed E-state index contributed by atoms with van der Waals surface area (Å²) in [5.74, 6) is -3.37. The van der Waals surface area contributed by atoms with Crippen LogP contribution in [0.25, 0.3) is 0 Å². The van der Waals surface area contributed by atoms with Gasteiger partial charge in [0.15, 0.2) is 5.82 Å². The summed E-state index contributed by atoms with van der Waals surface area (Å²) in [4.78, 5) is 18.7. The van der Waals surface area contributed by atoms with E-state index in [-0.39, 0.29) is 0 Å². The van der Waals surface area contributed by atoms with Crippen molar-refractivity contribution in [2.45, 2.75) is 0 Å². The Labute approximate surface area is 109 Å². The second kappa shape index (κ2) is 5.18. The smallest absolute Gasteiger partial charge is 0.258 e. The van der Waals surface area contributed by atoms with E-state index in [2.05, 4.69) is 31.2 Å². The maximum atomic E-state index is 13.3. The molecule has 0 radical (unpaired) electrons. The normalized spacial score (nSPS) is 10.2. The molecule has 0 saturated heterocycles. The molecule has 0 fully saturated rings. The van der Waals surface area contributed by atoms with Crippen molar-refractivity contribution in [1.29, 1.82) is 0 Å². The zero-order chi connectivity index (χ0) is 13.1. The summed E-state index contributed by atoms with van der Waals surface area (Å²) >= 11 is 3.12. The van der Waals surface area contributed by atoms with Gasteiger partial charge in [0.05, 0.1) is 11.3 Å². The summed E-state index contributed by atoms with van der Waals surface area (Å²) in [6, 6.07) is 4.27. The highest BCUT2D eigenvalue weighted by Gasteiger charge is 2.16. The Balaban J connectivity index is 2.28. The third kappa shape index (κ3) is 2.51. The van der Waals surface area contributed by atoms with Crippen molar-refractivity contribution in [2.24, 2.45) is 0 Å². The summed E-state index contributed by atoms with van der Waals surface area (Å²) in [6.45, 7) is 0. The van der Waals surface area contributed by atoms with Crippen LogP contribution in [0, 0.1) is 11.8 Å². The van der Waals surface area contributed by atoms with E-state index in [1.54, 1.807) is 12.1 Å². The van der Waals surface area contributed by atoms with Crippen LogP contribution in [0.1, 0.15) is 10.4 Å². The van der Waals surface area contributed by atoms with Gasteiger partial charge in [-0.15, -0.1) is 0 Å². The van der Waals surface area contributed by atoms with Crippen LogP contribution in [0.4, 0.5) is 14.5 Å². The minimum atomic E-state index is -1.31. The van der Waals surface area contributed by atoms with Gasteiger partial charge in [-0.1, -0.05) is 0 Å². The van der Waals surface area contributed by atoms with Crippen LogP contribution in [0.15, 0.2) is 35.2 Å². The Morgan fingerprint density at radius 3 is 2.72 bits per heavy atom. The summed E-state index contributed by atoms with van der Waals surface area (Å²) in [5, 5.41) is 2.41. The molecule has 0 aromatic carbocycles. The van der Waals surface area contributed by atoms with Gasteiger partial charge in [0.1, 0.15) is 4.60 Å². The van der Waals surface area contributed by atoms with Gasteiger partial charge in [-0.05, 0) is 34.1 Å². The van der Waals surface area contributed by atoms with Crippen LogP contribution < -0.4 is 5.32 Å². The lowest BCUT2D eigenvalue weighted by atomic mass is 10.2. The predicted octanol–water partition coefficient (Wildman–Crippen LogP) is 2.77. The standard InChI is InChI=1S/C11H6BrF2N3O/c12-9-7(2-1-4-15-9)17-11(18)6-3-5-16-10(14)8(6)13/h1-5H,(H,17,18). The van der Waals surface area contributed by atoms with E-state index in [1.165, 1.54) is 6.20 Å². The van der Waals surface area contributed by atoms with E-state index in [0.717, 1.165) is 12.3 Å². The summed E-state index contributed by atoms with van der Waals surface area (Å²) < 4.78 is 26.6. The number of nitrogens with one attached hydrogen (secondary N) is 1. The molecule has 2 aromatic heterocycles. The van der Waals surface area contributed by atoms with Crippen LogP contribution in [-0.2, 0) is 0 Å². The third-order valence-corrected chi connectivity index (χ3v) is 2.73. The Kier molecular flexibility index (Phi) is 3.61. The van der Waals surface area contributed by atoms with Crippen molar-refractivity contribution in [3.05, 3.63) is 52.5 Å². The topological polar surface area (TPSA) is 54.9 Å². The van der Waals surface area contributed by atoms with Crippen molar-refractivity contribution in [3.8, 4) is 0 Å². The van der Waals surface area contributed by atoms with E-state index >= 15 is 0 Å². The van der Waals surface area contributed by atoms with Crippen LogP contribution in [0.3, 0.4) is 0 Å². The first-order chi connectivity index (χ1) is 8.59. The molecule has 18 heavy (non-hydrogen) atoms. The van der Waals surface area contributed by atoms with Gasteiger partial charge >= 0.3 is 0 Å². The Morgan fingerprint density at radius 1 is 1.22 bits per heavy atom. The zero-order valence-electron chi connectivity index (χ0n) is 8.82. The molecule has 0 aliphatic heterocycles. The number of hydrogen-bond donors (Lipinski definition) is 1. The Morgan fingerprint density at radius 2 is 2.00 bits per heavy atom. The Hall–Kier alpha value is -1.89. The monoisotopic (exact) mass is 313 g/mol.